The van der Waals surface area contributed by atoms with E-state index in [1.54, 1.807) is 21.3 Å². The zero-order valence-electron chi connectivity index (χ0n) is 13.2. The molecule has 1 aromatic rings. The van der Waals surface area contributed by atoms with Gasteiger partial charge in [0, 0.05) is 17.7 Å². The van der Waals surface area contributed by atoms with Crippen LogP contribution in [-0.2, 0) is 0 Å². The Balaban J connectivity index is 3.02. The molecule has 0 radical (unpaired) electrons. The molecule has 0 fully saturated rings. The molecule has 1 rings (SSSR count). The second kappa shape index (κ2) is 8.00. The second-order valence-electron chi connectivity index (χ2n) is 5.19. The number of methoxy groups -OCH3 is 3. The zero-order chi connectivity index (χ0) is 15.1. The van der Waals surface area contributed by atoms with Gasteiger partial charge < -0.3 is 19.9 Å². The summed E-state index contributed by atoms with van der Waals surface area (Å²) in [6.45, 7) is 4.43. The molecule has 0 aliphatic heterocycles. The van der Waals surface area contributed by atoms with Crippen molar-refractivity contribution < 1.29 is 14.2 Å². The summed E-state index contributed by atoms with van der Waals surface area (Å²) < 4.78 is 16.1. The smallest absolute Gasteiger partial charge is 0.164 e. The topological polar surface area (TPSA) is 53.7 Å². The first kappa shape index (κ1) is 16.6. The molecule has 4 nitrogen and oxygen atoms in total. The summed E-state index contributed by atoms with van der Waals surface area (Å²) in [4.78, 5) is 0. The molecule has 2 atom stereocenters. The van der Waals surface area contributed by atoms with Crippen LogP contribution in [0.2, 0.25) is 0 Å². The third kappa shape index (κ3) is 4.04. The molecule has 20 heavy (non-hydrogen) atoms. The van der Waals surface area contributed by atoms with Gasteiger partial charge in [0.15, 0.2) is 11.5 Å². The summed E-state index contributed by atoms with van der Waals surface area (Å²) in [5, 5.41) is 0. The maximum Gasteiger partial charge on any atom is 0.164 e. The van der Waals surface area contributed by atoms with Gasteiger partial charge in [-0.25, -0.2) is 0 Å². The van der Waals surface area contributed by atoms with Gasteiger partial charge in [-0.3, -0.25) is 0 Å². The number of hydrogen-bond acceptors (Lipinski definition) is 4. The lowest BCUT2D eigenvalue weighted by Crippen LogP contribution is -2.15. The van der Waals surface area contributed by atoms with Gasteiger partial charge >= 0.3 is 0 Å². The molecule has 114 valence electrons. The molecular weight excluding hydrogens is 254 g/mol. The summed E-state index contributed by atoms with van der Waals surface area (Å²) in [5.41, 5.74) is 7.31. The van der Waals surface area contributed by atoms with Crippen molar-refractivity contribution >= 4 is 0 Å². The van der Waals surface area contributed by atoms with Crippen molar-refractivity contribution in [2.75, 3.05) is 21.3 Å². The van der Waals surface area contributed by atoms with E-state index < -0.39 is 0 Å². The molecule has 4 heteroatoms. The molecule has 1 aromatic carbocycles. The minimum atomic E-state index is -0.0636. The minimum Gasteiger partial charge on any atom is -0.496 e. The van der Waals surface area contributed by atoms with Crippen LogP contribution in [0.5, 0.6) is 17.2 Å². The third-order valence-corrected chi connectivity index (χ3v) is 3.57. The monoisotopic (exact) mass is 281 g/mol. The van der Waals surface area contributed by atoms with Crippen molar-refractivity contribution in [2.45, 2.75) is 39.2 Å². The number of benzene rings is 1. The van der Waals surface area contributed by atoms with Gasteiger partial charge in [-0.1, -0.05) is 26.7 Å². The van der Waals surface area contributed by atoms with Gasteiger partial charge in [-0.2, -0.15) is 0 Å². The molecule has 0 aliphatic carbocycles. The third-order valence-electron chi connectivity index (χ3n) is 3.57. The van der Waals surface area contributed by atoms with Crippen LogP contribution in [-0.4, -0.2) is 21.3 Å². The van der Waals surface area contributed by atoms with Crippen molar-refractivity contribution in [1.82, 2.24) is 0 Å². The van der Waals surface area contributed by atoms with Crippen LogP contribution >= 0.6 is 0 Å². The van der Waals surface area contributed by atoms with E-state index in [-0.39, 0.29) is 6.04 Å². The average Bonchev–Trinajstić information content (AvgIpc) is 2.45. The highest BCUT2D eigenvalue weighted by molar-refractivity contribution is 5.51. The summed E-state index contributed by atoms with van der Waals surface area (Å²) in [5.74, 6) is 2.68. The SMILES string of the molecule is CCCC(C)CC(N)c1cc(OC)c(OC)cc1OC. The Kier molecular flexibility index (Phi) is 6.65. The predicted octanol–water partition coefficient (Wildman–Crippen LogP) is 3.54. The van der Waals surface area contributed by atoms with Crippen molar-refractivity contribution in [3.8, 4) is 17.2 Å². The fraction of sp³-hybridized carbons (Fsp3) is 0.625. The Morgan fingerprint density at radius 2 is 1.55 bits per heavy atom. The number of rotatable bonds is 8. The highest BCUT2D eigenvalue weighted by atomic mass is 16.5. The Bertz CT molecular complexity index is 420. The Morgan fingerprint density at radius 1 is 1.00 bits per heavy atom. The minimum absolute atomic E-state index is 0.0636. The van der Waals surface area contributed by atoms with Crippen molar-refractivity contribution in [2.24, 2.45) is 11.7 Å². The highest BCUT2D eigenvalue weighted by Crippen LogP contribution is 2.38. The molecule has 0 heterocycles. The first-order valence-corrected chi connectivity index (χ1v) is 7.12. The van der Waals surface area contributed by atoms with Crippen LogP contribution in [0.25, 0.3) is 0 Å². The molecule has 0 aliphatic rings. The molecule has 0 saturated carbocycles. The molecule has 2 N–H and O–H groups in total. The first-order chi connectivity index (χ1) is 9.57. The van der Waals surface area contributed by atoms with Crippen LogP contribution in [0.3, 0.4) is 0 Å². The van der Waals surface area contributed by atoms with Crippen LogP contribution in [0, 0.1) is 5.92 Å². The summed E-state index contributed by atoms with van der Waals surface area (Å²) in [6.07, 6.45) is 3.29. The van der Waals surface area contributed by atoms with E-state index >= 15 is 0 Å². The van der Waals surface area contributed by atoms with Gasteiger partial charge in [0.05, 0.1) is 21.3 Å². The summed E-state index contributed by atoms with van der Waals surface area (Å²) >= 11 is 0. The van der Waals surface area contributed by atoms with E-state index in [2.05, 4.69) is 13.8 Å². The lowest BCUT2D eigenvalue weighted by molar-refractivity contribution is 0.344. The van der Waals surface area contributed by atoms with Crippen molar-refractivity contribution in [3.05, 3.63) is 17.7 Å². The maximum absolute atomic E-state index is 6.34. The van der Waals surface area contributed by atoms with Gasteiger partial charge in [0.2, 0.25) is 0 Å². The fourth-order valence-corrected chi connectivity index (χ4v) is 2.51. The summed E-state index contributed by atoms with van der Waals surface area (Å²) in [6, 6.07) is 3.69. The molecule has 0 bridgehead atoms. The second-order valence-corrected chi connectivity index (χ2v) is 5.19. The van der Waals surface area contributed by atoms with E-state index in [1.807, 2.05) is 12.1 Å². The van der Waals surface area contributed by atoms with Crippen molar-refractivity contribution in [1.29, 1.82) is 0 Å². The van der Waals surface area contributed by atoms with Gasteiger partial charge in [-0.15, -0.1) is 0 Å². The molecular formula is C16H27NO3. The molecule has 2 unspecified atom stereocenters. The molecule has 0 saturated heterocycles. The van der Waals surface area contributed by atoms with E-state index in [1.165, 1.54) is 12.8 Å². The van der Waals surface area contributed by atoms with E-state index in [4.69, 9.17) is 19.9 Å². The lowest BCUT2D eigenvalue weighted by atomic mass is 9.93. The van der Waals surface area contributed by atoms with Crippen molar-refractivity contribution in [3.63, 3.8) is 0 Å². The van der Waals surface area contributed by atoms with E-state index in [9.17, 15) is 0 Å². The highest BCUT2D eigenvalue weighted by Gasteiger charge is 2.18. The Labute approximate surface area is 122 Å². The van der Waals surface area contributed by atoms with Gasteiger partial charge in [0.1, 0.15) is 5.75 Å². The normalized spacial score (nSPS) is 13.7. The van der Waals surface area contributed by atoms with Crippen LogP contribution in [0.15, 0.2) is 12.1 Å². The van der Waals surface area contributed by atoms with Gasteiger partial charge in [-0.05, 0) is 18.4 Å². The molecule has 0 spiro atoms. The molecule has 0 aromatic heterocycles. The predicted molar refractivity (Wildman–Crippen MR) is 81.7 cm³/mol. The van der Waals surface area contributed by atoms with Crippen LogP contribution < -0.4 is 19.9 Å². The Hall–Kier alpha value is -1.42. The molecule has 0 amide bonds. The van der Waals surface area contributed by atoms with Crippen LogP contribution in [0.4, 0.5) is 0 Å². The summed E-state index contributed by atoms with van der Waals surface area (Å²) in [7, 11) is 4.88. The maximum atomic E-state index is 6.34. The van der Waals surface area contributed by atoms with E-state index in [0.717, 1.165) is 17.7 Å². The Morgan fingerprint density at radius 3 is 2.05 bits per heavy atom. The van der Waals surface area contributed by atoms with E-state index in [0.29, 0.717) is 17.4 Å². The zero-order valence-corrected chi connectivity index (χ0v) is 13.2. The number of ether oxygens (including phenoxy) is 3. The number of hydrogen-bond donors (Lipinski definition) is 1. The lowest BCUT2D eigenvalue weighted by Gasteiger charge is -2.21. The largest absolute Gasteiger partial charge is 0.496 e. The number of nitrogens with two attached hydrogens (primary N) is 1. The van der Waals surface area contributed by atoms with Crippen LogP contribution in [0.1, 0.15) is 44.7 Å². The first-order valence-electron chi connectivity index (χ1n) is 7.12. The quantitative estimate of drug-likeness (QED) is 0.792. The average molecular weight is 281 g/mol. The fourth-order valence-electron chi connectivity index (χ4n) is 2.51. The van der Waals surface area contributed by atoms with Gasteiger partial charge in [0.25, 0.3) is 0 Å². The standard InChI is InChI=1S/C16H27NO3/c1-6-7-11(2)8-13(17)12-9-15(19-4)16(20-5)10-14(12)18-3/h9-11,13H,6-8,17H2,1-5H3.